The van der Waals surface area contributed by atoms with Crippen LogP contribution in [0.3, 0.4) is 0 Å². The minimum Gasteiger partial charge on any atom is -0.389 e. The number of thiocarbonyl (C=S) groups is 1. The number of nitrogens with zero attached hydrogens (tertiary/aromatic N) is 1. The molecule has 2 rings (SSSR count). The summed E-state index contributed by atoms with van der Waals surface area (Å²) < 4.78 is 41.1. The molecule has 116 valence electrons. The average Bonchev–Trinajstić information content (AvgIpc) is 2.40. The van der Waals surface area contributed by atoms with Crippen LogP contribution in [-0.2, 0) is 10.0 Å². The van der Waals surface area contributed by atoms with E-state index >= 15 is 0 Å². The second-order valence-corrected chi connectivity index (χ2v) is 7.88. The summed E-state index contributed by atoms with van der Waals surface area (Å²) in [6.07, 6.45) is 1.77. The number of halogens is 1. The van der Waals surface area contributed by atoms with Gasteiger partial charge in [0, 0.05) is 12.6 Å². The number of nitrogens with two attached hydrogens (primary N) is 1. The third-order valence-corrected chi connectivity index (χ3v) is 6.10. The van der Waals surface area contributed by atoms with Crippen molar-refractivity contribution in [1.82, 2.24) is 4.31 Å². The van der Waals surface area contributed by atoms with Gasteiger partial charge in [0.2, 0.25) is 10.0 Å². The van der Waals surface area contributed by atoms with Gasteiger partial charge in [-0.25, -0.2) is 12.8 Å². The number of hydrogen-bond donors (Lipinski definition) is 1. The molecular weight excluding hydrogens is 311 g/mol. The molecule has 2 atom stereocenters. The Morgan fingerprint density at radius 1 is 1.38 bits per heavy atom. The van der Waals surface area contributed by atoms with Crippen LogP contribution in [-0.4, -0.2) is 30.3 Å². The van der Waals surface area contributed by atoms with Crippen LogP contribution in [0.2, 0.25) is 0 Å². The van der Waals surface area contributed by atoms with Gasteiger partial charge in [0.25, 0.3) is 0 Å². The zero-order chi connectivity index (χ0) is 15.8. The standard InChI is InChI=1S/C14H19FN2O2S2/c1-9-6-7-10(2)17(8-9)21(18,19)12-5-3-4-11(15)13(12)14(16)20/h3-5,9-10H,6-8H2,1-2H3,(H2,16,20). The molecule has 1 heterocycles. The summed E-state index contributed by atoms with van der Waals surface area (Å²) in [6.45, 7) is 4.30. The zero-order valence-electron chi connectivity index (χ0n) is 12.0. The van der Waals surface area contributed by atoms with E-state index in [0.717, 1.165) is 18.9 Å². The lowest BCUT2D eigenvalue weighted by Gasteiger charge is -2.36. The Morgan fingerprint density at radius 3 is 2.67 bits per heavy atom. The third-order valence-electron chi connectivity index (χ3n) is 3.87. The molecule has 4 nitrogen and oxygen atoms in total. The Labute approximate surface area is 130 Å². The highest BCUT2D eigenvalue weighted by molar-refractivity contribution is 7.89. The SMILES string of the molecule is CC1CCC(C)N(S(=O)(=O)c2cccc(F)c2C(N)=S)C1. The van der Waals surface area contributed by atoms with Crippen molar-refractivity contribution in [2.75, 3.05) is 6.54 Å². The molecule has 7 heteroatoms. The van der Waals surface area contributed by atoms with Gasteiger partial charge in [-0.2, -0.15) is 4.31 Å². The van der Waals surface area contributed by atoms with Crippen LogP contribution in [0, 0.1) is 11.7 Å². The van der Waals surface area contributed by atoms with Crippen LogP contribution in [0.1, 0.15) is 32.3 Å². The van der Waals surface area contributed by atoms with E-state index in [-0.39, 0.29) is 27.4 Å². The maximum Gasteiger partial charge on any atom is 0.244 e. The van der Waals surface area contributed by atoms with Crippen molar-refractivity contribution in [2.24, 2.45) is 11.7 Å². The molecular formula is C14H19FN2O2S2. The van der Waals surface area contributed by atoms with Crippen LogP contribution in [0.4, 0.5) is 4.39 Å². The van der Waals surface area contributed by atoms with Crippen molar-refractivity contribution in [3.63, 3.8) is 0 Å². The van der Waals surface area contributed by atoms with Gasteiger partial charge in [0.15, 0.2) is 0 Å². The van der Waals surface area contributed by atoms with E-state index in [4.69, 9.17) is 18.0 Å². The van der Waals surface area contributed by atoms with Gasteiger partial charge < -0.3 is 5.73 Å². The number of benzene rings is 1. The van der Waals surface area contributed by atoms with Gasteiger partial charge in [-0.15, -0.1) is 0 Å². The number of rotatable bonds is 3. The minimum absolute atomic E-state index is 0.117. The van der Waals surface area contributed by atoms with Gasteiger partial charge in [-0.1, -0.05) is 25.2 Å². The quantitative estimate of drug-likeness (QED) is 0.864. The van der Waals surface area contributed by atoms with Crippen molar-refractivity contribution >= 4 is 27.2 Å². The van der Waals surface area contributed by atoms with Crippen molar-refractivity contribution in [1.29, 1.82) is 0 Å². The van der Waals surface area contributed by atoms with Crippen molar-refractivity contribution < 1.29 is 12.8 Å². The summed E-state index contributed by atoms with van der Waals surface area (Å²) in [6, 6.07) is 3.77. The first-order chi connectivity index (χ1) is 9.75. The Hall–Kier alpha value is -1.05. The van der Waals surface area contributed by atoms with Gasteiger partial charge in [-0.05, 0) is 37.8 Å². The van der Waals surface area contributed by atoms with Crippen LogP contribution >= 0.6 is 12.2 Å². The summed E-state index contributed by atoms with van der Waals surface area (Å²) in [5.41, 5.74) is 5.32. The third kappa shape index (κ3) is 3.09. The van der Waals surface area contributed by atoms with Crippen molar-refractivity contribution in [3.8, 4) is 0 Å². The molecule has 0 radical (unpaired) electrons. The average molecular weight is 330 g/mol. The summed E-state index contributed by atoms with van der Waals surface area (Å²) in [4.78, 5) is -0.389. The molecule has 0 saturated carbocycles. The second kappa shape index (κ2) is 5.98. The maximum absolute atomic E-state index is 13.9. The van der Waals surface area contributed by atoms with E-state index in [2.05, 4.69) is 0 Å². The van der Waals surface area contributed by atoms with Crippen LogP contribution in [0.25, 0.3) is 0 Å². The normalized spacial score (nSPS) is 24.0. The molecule has 0 aromatic heterocycles. The summed E-state index contributed by atoms with van der Waals surface area (Å²) >= 11 is 4.81. The fraction of sp³-hybridized carbons (Fsp3) is 0.500. The summed E-state index contributed by atoms with van der Waals surface area (Å²) in [5.74, 6) is -0.431. The molecule has 21 heavy (non-hydrogen) atoms. The molecule has 0 spiro atoms. The largest absolute Gasteiger partial charge is 0.389 e. The molecule has 0 bridgehead atoms. The first-order valence-electron chi connectivity index (χ1n) is 6.85. The first kappa shape index (κ1) is 16.3. The van der Waals surface area contributed by atoms with E-state index in [1.54, 1.807) is 0 Å². The van der Waals surface area contributed by atoms with Gasteiger partial charge in [-0.3, -0.25) is 0 Å². The molecule has 1 aromatic rings. The monoisotopic (exact) mass is 330 g/mol. The molecule has 1 aromatic carbocycles. The molecule has 1 aliphatic rings. The zero-order valence-corrected chi connectivity index (χ0v) is 13.7. The van der Waals surface area contributed by atoms with Crippen LogP contribution < -0.4 is 5.73 Å². The molecule has 1 fully saturated rings. The van der Waals surface area contributed by atoms with Crippen molar-refractivity contribution in [2.45, 2.75) is 37.6 Å². The molecule has 1 saturated heterocycles. The van der Waals surface area contributed by atoms with E-state index < -0.39 is 15.8 Å². The second-order valence-electron chi connectivity index (χ2n) is 5.58. The first-order valence-corrected chi connectivity index (χ1v) is 8.70. The fourth-order valence-corrected chi connectivity index (χ4v) is 4.94. The van der Waals surface area contributed by atoms with Gasteiger partial charge in [0.1, 0.15) is 10.8 Å². The smallest absolute Gasteiger partial charge is 0.244 e. The number of hydrogen-bond acceptors (Lipinski definition) is 3. The van der Waals surface area contributed by atoms with Crippen LogP contribution in [0.5, 0.6) is 0 Å². The number of piperidine rings is 1. The predicted octanol–water partition coefficient (Wildman–Crippen LogP) is 2.27. The highest BCUT2D eigenvalue weighted by Gasteiger charge is 2.35. The Balaban J connectivity index is 2.54. The topological polar surface area (TPSA) is 63.4 Å². The Bertz CT molecular complexity index is 661. The highest BCUT2D eigenvalue weighted by Crippen LogP contribution is 2.30. The molecule has 0 amide bonds. The highest BCUT2D eigenvalue weighted by atomic mass is 32.2. The Kier molecular flexibility index (Phi) is 4.65. The van der Waals surface area contributed by atoms with Gasteiger partial charge >= 0.3 is 0 Å². The van der Waals surface area contributed by atoms with Crippen molar-refractivity contribution in [3.05, 3.63) is 29.6 Å². The lowest BCUT2D eigenvalue weighted by atomic mass is 9.97. The van der Waals surface area contributed by atoms with Crippen LogP contribution in [0.15, 0.2) is 23.1 Å². The minimum atomic E-state index is -3.82. The molecule has 0 aliphatic carbocycles. The van der Waals surface area contributed by atoms with E-state index in [0.29, 0.717) is 6.54 Å². The predicted molar refractivity (Wildman–Crippen MR) is 84.0 cm³/mol. The van der Waals surface area contributed by atoms with E-state index in [9.17, 15) is 12.8 Å². The Morgan fingerprint density at radius 2 is 2.05 bits per heavy atom. The van der Waals surface area contributed by atoms with Gasteiger partial charge in [0.05, 0.1) is 10.5 Å². The lowest BCUT2D eigenvalue weighted by molar-refractivity contribution is 0.218. The van der Waals surface area contributed by atoms with E-state index in [1.165, 1.54) is 16.4 Å². The molecule has 2 unspecified atom stereocenters. The van der Waals surface area contributed by atoms with E-state index in [1.807, 2.05) is 13.8 Å². The number of sulfonamides is 1. The fourth-order valence-electron chi connectivity index (χ4n) is 2.67. The summed E-state index contributed by atoms with van der Waals surface area (Å²) in [5, 5.41) is 0. The maximum atomic E-state index is 13.9. The molecule has 2 N–H and O–H groups in total. The molecule has 1 aliphatic heterocycles. The summed E-state index contributed by atoms with van der Waals surface area (Å²) in [7, 11) is -3.82. The lowest BCUT2D eigenvalue weighted by Crippen LogP contribution is -2.45.